The van der Waals surface area contributed by atoms with Gasteiger partial charge in [0.1, 0.15) is 0 Å². The van der Waals surface area contributed by atoms with Crippen molar-refractivity contribution >= 4 is 5.82 Å². The number of anilines is 1. The Hall–Kier alpha value is -2.36. The molecule has 2 heterocycles. The Labute approximate surface area is 134 Å². The molecule has 1 aliphatic rings. The Bertz CT molecular complexity index is 698. The predicted octanol–water partition coefficient (Wildman–Crippen LogP) is 2.89. The topological polar surface area (TPSA) is 61.2 Å². The number of rotatable bonds is 5. The first-order valence-electron chi connectivity index (χ1n) is 7.19. The van der Waals surface area contributed by atoms with Crippen molar-refractivity contribution in [1.82, 2.24) is 15.0 Å². The average Bonchev–Trinajstić information content (AvgIpc) is 3.17. The number of hydrogen-bond acceptors (Lipinski definition) is 5. The quantitative estimate of drug-likeness (QED) is 0.844. The van der Waals surface area contributed by atoms with Crippen LogP contribution in [0.5, 0.6) is 5.75 Å². The van der Waals surface area contributed by atoms with Gasteiger partial charge >= 0.3 is 6.36 Å². The maximum Gasteiger partial charge on any atom is 0.573 e. The second-order valence-electron chi connectivity index (χ2n) is 5.23. The number of benzene rings is 1. The van der Waals surface area contributed by atoms with Crippen molar-refractivity contribution in [2.75, 3.05) is 18.5 Å². The number of para-hydroxylation sites is 1. The van der Waals surface area contributed by atoms with Crippen LogP contribution >= 0.6 is 0 Å². The van der Waals surface area contributed by atoms with Gasteiger partial charge in [-0.15, -0.1) is 18.3 Å². The second kappa shape index (κ2) is 6.63. The van der Waals surface area contributed by atoms with Crippen molar-refractivity contribution in [1.29, 1.82) is 0 Å². The highest BCUT2D eigenvalue weighted by Gasteiger charge is 2.33. The van der Waals surface area contributed by atoms with Crippen LogP contribution in [0.4, 0.5) is 23.4 Å². The molecule has 1 fully saturated rings. The minimum absolute atomic E-state index is 0.0195. The summed E-state index contributed by atoms with van der Waals surface area (Å²) in [6.07, 6.45) is -2.53. The van der Waals surface area contributed by atoms with E-state index in [2.05, 4.69) is 20.4 Å². The average molecular weight is 346 g/mol. The van der Waals surface area contributed by atoms with Gasteiger partial charge in [-0.3, -0.25) is 0 Å². The highest BCUT2D eigenvalue weighted by atomic mass is 19.4. The first kappa shape index (κ1) is 16.5. The third kappa shape index (κ3) is 3.94. The molecular formula is C14H14F4N4O2. The molecule has 1 saturated heterocycles. The first-order valence-corrected chi connectivity index (χ1v) is 7.19. The van der Waals surface area contributed by atoms with Crippen LogP contribution in [-0.2, 0) is 11.3 Å². The molecule has 1 aliphatic heterocycles. The molecular weight excluding hydrogens is 332 g/mol. The van der Waals surface area contributed by atoms with E-state index in [1.807, 2.05) is 0 Å². The number of alkyl halides is 3. The molecule has 1 N–H and O–H groups in total. The molecule has 0 radical (unpaired) electrons. The Balaban J connectivity index is 1.69. The number of halogens is 4. The Kier molecular flexibility index (Phi) is 4.56. The predicted molar refractivity (Wildman–Crippen MR) is 74.9 cm³/mol. The molecule has 1 aromatic heterocycles. The van der Waals surface area contributed by atoms with E-state index in [1.165, 1.54) is 12.1 Å². The summed E-state index contributed by atoms with van der Waals surface area (Å²) in [5, 5.41) is 10.6. The van der Waals surface area contributed by atoms with Crippen LogP contribution in [0, 0.1) is 5.82 Å². The smallest absolute Gasteiger partial charge is 0.402 e. The Morgan fingerprint density at radius 2 is 2.21 bits per heavy atom. The van der Waals surface area contributed by atoms with Gasteiger partial charge in [0.05, 0.1) is 18.8 Å². The van der Waals surface area contributed by atoms with Gasteiger partial charge in [0.25, 0.3) is 0 Å². The molecule has 0 bridgehead atoms. The summed E-state index contributed by atoms with van der Waals surface area (Å²) in [6, 6.07) is 3.64. The highest BCUT2D eigenvalue weighted by molar-refractivity contribution is 5.39. The largest absolute Gasteiger partial charge is 0.573 e. The van der Waals surface area contributed by atoms with E-state index in [1.54, 1.807) is 10.9 Å². The van der Waals surface area contributed by atoms with Crippen LogP contribution in [-0.4, -0.2) is 34.6 Å². The van der Waals surface area contributed by atoms with E-state index in [-0.39, 0.29) is 18.2 Å². The summed E-state index contributed by atoms with van der Waals surface area (Å²) in [4.78, 5) is 0. The highest BCUT2D eigenvalue weighted by Crippen LogP contribution is 2.29. The molecule has 10 heteroatoms. The van der Waals surface area contributed by atoms with Crippen molar-refractivity contribution in [2.45, 2.75) is 25.4 Å². The first-order chi connectivity index (χ1) is 11.4. The van der Waals surface area contributed by atoms with E-state index in [0.717, 1.165) is 12.5 Å². The van der Waals surface area contributed by atoms with E-state index >= 15 is 0 Å². The van der Waals surface area contributed by atoms with Crippen LogP contribution in [0.2, 0.25) is 0 Å². The summed E-state index contributed by atoms with van der Waals surface area (Å²) < 4.78 is 61.4. The lowest BCUT2D eigenvalue weighted by Crippen LogP contribution is -2.19. The molecule has 1 unspecified atom stereocenters. The van der Waals surface area contributed by atoms with Crippen LogP contribution in [0.25, 0.3) is 0 Å². The molecule has 2 aromatic rings. The summed E-state index contributed by atoms with van der Waals surface area (Å²) in [5.41, 5.74) is 0.0195. The fourth-order valence-corrected chi connectivity index (χ4v) is 2.38. The molecule has 1 aromatic carbocycles. The zero-order valence-corrected chi connectivity index (χ0v) is 12.4. The van der Waals surface area contributed by atoms with Gasteiger partial charge in [-0.05, 0) is 12.5 Å². The van der Waals surface area contributed by atoms with E-state index in [9.17, 15) is 17.6 Å². The van der Waals surface area contributed by atoms with Gasteiger partial charge in [-0.25, -0.2) is 9.07 Å². The second-order valence-corrected chi connectivity index (χ2v) is 5.23. The fraction of sp³-hybridized carbons (Fsp3) is 0.429. The lowest BCUT2D eigenvalue weighted by atomic mass is 10.2. The van der Waals surface area contributed by atoms with E-state index in [0.29, 0.717) is 19.0 Å². The van der Waals surface area contributed by atoms with Gasteiger partial charge in [0.2, 0.25) is 0 Å². The molecule has 130 valence electrons. The van der Waals surface area contributed by atoms with Crippen LogP contribution < -0.4 is 10.1 Å². The zero-order valence-electron chi connectivity index (χ0n) is 12.4. The Morgan fingerprint density at radius 1 is 1.38 bits per heavy atom. The molecule has 24 heavy (non-hydrogen) atoms. The van der Waals surface area contributed by atoms with Crippen LogP contribution in [0.15, 0.2) is 24.4 Å². The molecule has 0 aliphatic carbocycles. The number of hydrogen-bond donors (Lipinski definition) is 1. The third-order valence-electron chi connectivity index (χ3n) is 3.52. The number of nitrogens with one attached hydrogen (secondary N) is 1. The SMILES string of the molecule is Fc1cccc(CNc2cn(C3CCOC3)nn2)c1OC(F)(F)F. The maximum atomic E-state index is 13.6. The van der Waals surface area contributed by atoms with Crippen molar-refractivity contribution in [3.05, 3.63) is 35.8 Å². The summed E-state index contributed by atoms with van der Waals surface area (Å²) in [7, 11) is 0. The molecule has 3 rings (SSSR count). The van der Waals surface area contributed by atoms with Gasteiger partial charge in [-0.1, -0.05) is 17.3 Å². The number of nitrogens with zero attached hydrogens (tertiary/aromatic N) is 3. The summed E-state index contributed by atoms with van der Waals surface area (Å²) >= 11 is 0. The molecule has 1 atom stereocenters. The Morgan fingerprint density at radius 3 is 2.92 bits per heavy atom. The normalized spacial score (nSPS) is 17.9. The molecule has 0 saturated carbocycles. The minimum atomic E-state index is -4.97. The monoisotopic (exact) mass is 346 g/mol. The number of ether oxygens (including phenoxy) is 2. The lowest BCUT2D eigenvalue weighted by molar-refractivity contribution is -0.275. The minimum Gasteiger partial charge on any atom is -0.402 e. The van der Waals surface area contributed by atoms with Crippen molar-refractivity contribution in [3.63, 3.8) is 0 Å². The summed E-state index contributed by atoms with van der Waals surface area (Å²) in [5.74, 6) is -1.57. The zero-order chi connectivity index (χ0) is 17.2. The third-order valence-corrected chi connectivity index (χ3v) is 3.52. The molecule has 0 spiro atoms. The van der Waals surface area contributed by atoms with Gasteiger partial charge < -0.3 is 14.8 Å². The van der Waals surface area contributed by atoms with E-state index in [4.69, 9.17) is 4.74 Å². The summed E-state index contributed by atoms with van der Waals surface area (Å²) in [6.45, 7) is 1.09. The van der Waals surface area contributed by atoms with Crippen molar-refractivity contribution < 1.29 is 27.0 Å². The number of aromatic nitrogens is 3. The fourth-order valence-electron chi connectivity index (χ4n) is 2.38. The molecule has 6 nitrogen and oxygen atoms in total. The standard InChI is InChI=1S/C14H14F4N4O2/c15-11-3-1-2-9(13(11)24-14(16,17)18)6-19-12-7-22(21-20-12)10-4-5-23-8-10/h1-3,7,10,19H,4-6,8H2. The van der Waals surface area contributed by atoms with Crippen molar-refractivity contribution in [2.24, 2.45) is 0 Å². The van der Waals surface area contributed by atoms with Crippen molar-refractivity contribution in [3.8, 4) is 5.75 Å². The van der Waals surface area contributed by atoms with E-state index < -0.39 is 17.9 Å². The van der Waals surface area contributed by atoms with Crippen LogP contribution in [0.3, 0.4) is 0 Å². The lowest BCUT2D eigenvalue weighted by Gasteiger charge is -2.14. The maximum absolute atomic E-state index is 13.6. The molecule has 0 amide bonds. The van der Waals surface area contributed by atoms with Gasteiger partial charge in [0.15, 0.2) is 17.4 Å². The van der Waals surface area contributed by atoms with Gasteiger partial charge in [-0.2, -0.15) is 0 Å². The van der Waals surface area contributed by atoms with Gasteiger partial charge in [0, 0.05) is 18.7 Å². The van der Waals surface area contributed by atoms with Crippen LogP contribution in [0.1, 0.15) is 18.0 Å².